The molecule has 0 amide bonds. The van der Waals surface area contributed by atoms with Crippen molar-refractivity contribution in [1.82, 2.24) is 4.57 Å². The van der Waals surface area contributed by atoms with Crippen molar-refractivity contribution in [2.45, 2.75) is 37.5 Å². The molecular weight excluding hydrogens is 292 g/mol. The number of anilines is 1. The third-order valence-corrected chi connectivity index (χ3v) is 5.34. The van der Waals surface area contributed by atoms with Gasteiger partial charge < -0.3 is 15.4 Å². The maximum Gasteiger partial charge on any atom is 0.415 e. The molecule has 0 radical (unpaired) electrons. The van der Waals surface area contributed by atoms with Crippen molar-refractivity contribution >= 4 is 11.8 Å². The number of carbonyl (C=O) groups is 1. The van der Waals surface area contributed by atoms with Gasteiger partial charge in [0.25, 0.3) is 0 Å². The van der Waals surface area contributed by atoms with E-state index in [0.29, 0.717) is 12.2 Å². The second-order valence-corrected chi connectivity index (χ2v) is 6.66. The first-order chi connectivity index (χ1) is 11.1. The smallest absolute Gasteiger partial charge is 0.415 e. The minimum atomic E-state index is -0.997. The molecule has 0 bridgehead atoms. The van der Waals surface area contributed by atoms with Crippen LogP contribution >= 0.6 is 0 Å². The van der Waals surface area contributed by atoms with Crippen molar-refractivity contribution in [3.63, 3.8) is 0 Å². The van der Waals surface area contributed by atoms with Crippen LogP contribution in [0.4, 0.5) is 10.5 Å². The number of aromatic nitrogens is 1. The molecule has 1 spiro atoms. The van der Waals surface area contributed by atoms with Crippen LogP contribution in [0.15, 0.2) is 36.5 Å². The predicted octanol–water partition coefficient (Wildman–Crippen LogP) is 4.20. The fourth-order valence-corrected chi connectivity index (χ4v) is 4.22. The summed E-state index contributed by atoms with van der Waals surface area (Å²) >= 11 is 0. The molecular formula is C18H19N2O3-. The molecule has 1 aromatic carbocycles. The first-order valence-electron chi connectivity index (χ1n) is 8.11. The molecule has 23 heavy (non-hydrogen) atoms. The van der Waals surface area contributed by atoms with Gasteiger partial charge in [0.1, 0.15) is 0 Å². The lowest BCUT2D eigenvalue weighted by Crippen LogP contribution is -2.33. The number of hydrogen-bond donors (Lipinski definition) is 1. The van der Waals surface area contributed by atoms with Gasteiger partial charge in [-0.3, -0.25) is 4.57 Å². The van der Waals surface area contributed by atoms with E-state index in [1.807, 2.05) is 18.2 Å². The number of hydrogen-bond acceptors (Lipinski definition) is 3. The Kier molecular flexibility index (Phi) is 3.20. The summed E-state index contributed by atoms with van der Waals surface area (Å²) in [6, 6.07) is 9.26. The third kappa shape index (κ3) is 2.15. The average molecular weight is 311 g/mol. The molecule has 2 aromatic rings. The van der Waals surface area contributed by atoms with Gasteiger partial charge in [-0.25, -0.2) is 4.79 Å². The normalized spacial score (nSPS) is 19.1. The SMILES string of the molecule is O=C(O)n1cccc1-c1ccc2c(c1)C1(CCCCC1)CN2[O-]. The highest BCUT2D eigenvalue weighted by molar-refractivity contribution is 5.79. The van der Waals surface area contributed by atoms with E-state index in [4.69, 9.17) is 0 Å². The van der Waals surface area contributed by atoms with E-state index >= 15 is 0 Å². The molecule has 120 valence electrons. The van der Waals surface area contributed by atoms with Gasteiger partial charge in [0, 0.05) is 23.8 Å². The Morgan fingerprint density at radius 2 is 1.96 bits per heavy atom. The van der Waals surface area contributed by atoms with Crippen LogP contribution in [0.2, 0.25) is 0 Å². The van der Waals surface area contributed by atoms with Crippen LogP contribution in [0.1, 0.15) is 37.7 Å². The second-order valence-electron chi connectivity index (χ2n) is 6.66. The molecule has 1 aliphatic carbocycles. The fourth-order valence-electron chi connectivity index (χ4n) is 4.22. The molecule has 1 saturated carbocycles. The molecule has 0 saturated heterocycles. The first kappa shape index (κ1) is 14.3. The van der Waals surface area contributed by atoms with Crippen molar-refractivity contribution in [3.05, 3.63) is 47.3 Å². The lowest BCUT2D eigenvalue weighted by atomic mass is 9.70. The topological polar surface area (TPSA) is 68.5 Å². The lowest BCUT2D eigenvalue weighted by molar-refractivity contribution is 0.197. The number of rotatable bonds is 1. The summed E-state index contributed by atoms with van der Waals surface area (Å²) in [6.45, 7) is 0.533. The Morgan fingerprint density at radius 1 is 1.17 bits per heavy atom. The molecule has 5 nitrogen and oxygen atoms in total. The zero-order valence-electron chi connectivity index (χ0n) is 12.9. The highest BCUT2D eigenvalue weighted by Gasteiger charge is 2.40. The summed E-state index contributed by atoms with van der Waals surface area (Å²) in [4.78, 5) is 11.3. The number of benzene rings is 1. The van der Waals surface area contributed by atoms with Crippen molar-refractivity contribution in [2.24, 2.45) is 0 Å². The van der Waals surface area contributed by atoms with Crippen molar-refractivity contribution in [3.8, 4) is 11.3 Å². The summed E-state index contributed by atoms with van der Waals surface area (Å²) in [5.41, 5.74) is 3.31. The summed E-state index contributed by atoms with van der Waals surface area (Å²) < 4.78 is 1.22. The standard InChI is InChI=1S/C18H19N2O3/c21-17(22)19-10-4-5-15(19)13-6-7-16-14(11-13)18(12-20(16)23)8-2-1-3-9-18/h4-7,10-11H,1-3,8-9,12H2,(H,21,22)/q-1. The Morgan fingerprint density at radius 3 is 2.70 bits per heavy atom. The molecule has 1 aromatic heterocycles. The summed E-state index contributed by atoms with van der Waals surface area (Å²) in [5.74, 6) is 0. The van der Waals surface area contributed by atoms with E-state index in [1.165, 1.54) is 11.0 Å². The van der Waals surface area contributed by atoms with Gasteiger partial charge in [-0.2, -0.15) is 0 Å². The minimum Gasteiger partial charge on any atom is -0.758 e. The Balaban J connectivity index is 1.82. The third-order valence-electron chi connectivity index (χ3n) is 5.34. The number of hydroxylamine groups is 1. The first-order valence-corrected chi connectivity index (χ1v) is 8.11. The zero-order chi connectivity index (χ0) is 16.0. The van der Waals surface area contributed by atoms with E-state index in [9.17, 15) is 15.1 Å². The summed E-state index contributed by atoms with van der Waals surface area (Å²) in [5, 5.41) is 22.7. The molecule has 0 atom stereocenters. The maximum absolute atomic E-state index is 12.3. The van der Waals surface area contributed by atoms with E-state index in [1.54, 1.807) is 18.3 Å². The fraction of sp³-hybridized carbons (Fsp3) is 0.389. The average Bonchev–Trinajstić information content (AvgIpc) is 3.13. The minimum absolute atomic E-state index is 0.0496. The predicted molar refractivity (Wildman–Crippen MR) is 88.8 cm³/mol. The Hall–Kier alpha value is -2.27. The number of fused-ring (bicyclic) bond motifs is 2. The van der Waals surface area contributed by atoms with Crippen LogP contribution in [0.5, 0.6) is 0 Å². The van der Waals surface area contributed by atoms with Crippen LogP contribution < -0.4 is 5.06 Å². The monoisotopic (exact) mass is 311 g/mol. The molecule has 2 heterocycles. The molecule has 1 N–H and O–H groups in total. The van der Waals surface area contributed by atoms with E-state index in [0.717, 1.165) is 47.6 Å². The van der Waals surface area contributed by atoms with Crippen molar-refractivity contribution in [1.29, 1.82) is 0 Å². The summed E-state index contributed by atoms with van der Waals surface area (Å²) in [7, 11) is 0. The second kappa shape index (κ2) is 5.13. The van der Waals surface area contributed by atoms with Gasteiger partial charge in [0.2, 0.25) is 0 Å². The Labute approximate surface area is 134 Å². The largest absolute Gasteiger partial charge is 0.758 e. The highest BCUT2D eigenvalue weighted by Crippen LogP contribution is 2.49. The lowest BCUT2D eigenvalue weighted by Gasteiger charge is -2.36. The van der Waals surface area contributed by atoms with Gasteiger partial charge in [-0.15, -0.1) is 0 Å². The quantitative estimate of drug-likeness (QED) is 0.857. The molecule has 0 unspecified atom stereocenters. The van der Waals surface area contributed by atoms with Gasteiger partial charge in [-0.1, -0.05) is 25.3 Å². The highest BCUT2D eigenvalue weighted by atomic mass is 16.5. The molecule has 4 rings (SSSR count). The zero-order valence-corrected chi connectivity index (χ0v) is 12.9. The van der Waals surface area contributed by atoms with Crippen molar-refractivity contribution in [2.75, 3.05) is 11.6 Å². The maximum atomic E-state index is 12.3. The van der Waals surface area contributed by atoms with Crippen molar-refractivity contribution < 1.29 is 9.90 Å². The summed E-state index contributed by atoms with van der Waals surface area (Å²) in [6.07, 6.45) is 6.18. The van der Waals surface area contributed by atoms with Gasteiger partial charge >= 0.3 is 6.09 Å². The van der Waals surface area contributed by atoms with E-state index in [-0.39, 0.29) is 5.41 Å². The van der Waals surface area contributed by atoms with Crippen LogP contribution in [0, 0.1) is 5.21 Å². The Bertz CT molecular complexity index is 759. The number of carboxylic acid groups (broad SMARTS) is 1. The van der Waals surface area contributed by atoms with Crippen LogP contribution in [0.3, 0.4) is 0 Å². The van der Waals surface area contributed by atoms with E-state index in [2.05, 4.69) is 0 Å². The van der Waals surface area contributed by atoms with Crippen LogP contribution in [-0.4, -0.2) is 22.3 Å². The molecule has 1 aliphatic heterocycles. The molecule has 1 fully saturated rings. The van der Waals surface area contributed by atoms with Gasteiger partial charge in [-0.05, 0) is 48.2 Å². The van der Waals surface area contributed by atoms with Crippen LogP contribution in [-0.2, 0) is 5.41 Å². The van der Waals surface area contributed by atoms with Crippen LogP contribution in [0.25, 0.3) is 11.3 Å². The van der Waals surface area contributed by atoms with E-state index < -0.39 is 6.09 Å². The number of nitrogens with zero attached hydrogens (tertiary/aromatic N) is 2. The molecule has 5 heteroatoms. The van der Waals surface area contributed by atoms with Gasteiger partial charge in [0.05, 0.1) is 5.69 Å². The van der Waals surface area contributed by atoms with Gasteiger partial charge in [0.15, 0.2) is 0 Å². The molecule has 2 aliphatic rings.